The maximum Gasteiger partial charge on any atom is 0.416 e. The molecular formula is C12H8F6O2. The number of rotatable bonds is 3. The molecule has 2 nitrogen and oxygen atoms in total. The largest absolute Gasteiger partial charge is 0.478 e. The van der Waals surface area contributed by atoms with Crippen molar-refractivity contribution < 1.29 is 36.2 Å². The Labute approximate surface area is 109 Å². The summed E-state index contributed by atoms with van der Waals surface area (Å²) in [6.45, 7) is 0. The molecule has 0 unspecified atom stereocenters. The van der Waals surface area contributed by atoms with E-state index in [0.717, 1.165) is 18.2 Å². The number of hydrogen-bond acceptors (Lipinski definition) is 1. The fraction of sp³-hybridized carbons (Fsp3) is 0.250. The second kappa shape index (κ2) is 5.56. The second-order valence-corrected chi connectivity index (χ2v) is 3.88. The first-order valence-corrected chi connectivity index (χ1v) is 5.17. The minimum Gasteiger partial charge on any atom is -0.478 e. The summed E-state index contributed by atoms with van der Waals surface area (Å²) in [6, 6.07) is 3.31. The van der Waals surface area contributed by atoms with Crippen LogP contribution in [0.4, 0.5) is 26.3 Å². The fourth-order valence-corrected chi connectivity index (χ4v) is 1.46. The van der Waals surface area contributed by atoms with Gasteiger partial charge in [0.2, 0.25) is 0 Å². The maximum absolute atomic E-state index is 12.5. The lowest BCUT2D eigenvalue weighted by atomic mass is 10.0. The molecule has 1 rings (SSSR count). The van der Waals surface area contributed by atoms with Gasteiger partial charge in [-0.1, -0.05) is 18.2 Å². The molecule has 1 aromatic carbocycles. The molecule has 0 heterocycles. The van der Waals surface area contributed by atoms with Crippen LogP contribution >= 0.6 is 0 Å². The lowest BCUT2D eigenvalue weighted by molar-refractivity contribution is -0.137. The van der Waals surface area contributed by atoms with Gasteiger partial charge in [0.05, 0.1) is 5.56 Å². The number of alkyl halides is 6. The van der Waals surface area contributed by atoms with E-state index < -0.39 is 35.9 Å². The van der Waals surface area contributed by atoms with Crippen molar-refractivity contribution in [2.24, 2.45) is 0 Å². The average Bonchev–Trinajstić information content (AvgIpc) is 2.25. The van der Waals surface area contributed by atoms with E-state index in [4.69, 9.17) is 5.11 Å². The van der Waals surface area contributed by atoms with Crippen molar-refractivity contribution in [3.63, 3.8) is 0 Å². The molecule has 8 heteroatoms. The standard InChI is InChI=1S/C12H8F6O2/c13-11(14,15)8-3-1-2-7(4-8)5-9(6-10(19)20)12(16,17)18/h1-4,6H,5H2,(H,19,20)/b9-6+. The van der Waals surface area contributed by atoms with E-state index in [1.807, 2.05) is 0 Å². The lowest BCUT2D eigenvalue weighted by Crippen LogP contribution is -2.16. The Balaban J connectivity index is 3.10. The van der Waals surface area contributed by atoms with Crippen LogP contribution in [0.25, 0.3) is 0 Å². The zero-order valence-electron chi connectivity index (χ0n) is 9.72. The predicted molar refractivity (Wildman–Crippen MR) is 56.9 cm³/mol. The summed E-state index contributed by atoms with van der Waals surface area (Å²) >= 11 is 0. The van der Waals surface area contributed by atoms with E-state index in [2.05, 4.69) is 0 Å². The Hall–Kier alpha value is -1.99. The number of carboxylic acids is 1. The Morgan fingerprint density at radius 2 is 1.75 bits per heavy atom. The van der Waals surface area contributed by atoms with E-state index in [1.54, 1.807) is 0 Å². The van der Waals surface area contributed by atoms with E-state index in [9.17, 15) is 31.1 Å². The molecule has 0 atom stereocenters. The summed E-state index contributed by atoms with van der Waals surface area (Å²) in [6.07, 6.45) is -10.6. The van der Waals surface area contributed by atoms with Gasteiger partial charge in [-0.15, -0.1) is 0 Å². The number of carbonyl (C=O) groups is 1. The van der Waals surface area contributed by atoms with Crippen molar-refractivity contribution in [3.05, 3.63) is 47.0 Å². The molecule has 0 saturated heterocycles. The predicted octanol–water partition coefficient (Wildman–Crippen LogP) is 3.82. The number of allylic oxidation sites excluding steroid dienone is 1. The first kappa shape index (κ1) is 16.1. The fourth-order valence-electron chi connectivity index (χ4n) is 1.46. The summed E-state index contributed by atoms with van der Waals surface area (Å²) in [5.41, 5.74) is -2.79. The van der Waals surface area contributed by atoms with Gasteiger partial charge in [-0.05, 0) is 11.6 Å². The molecule has 0 aliphatic heterocycles. The van der Waals surface area contributed by atoms with E-state index in [0.29, 0.717) is 6.07 Å². The molecule has 0 bridgehead atoms. The molecule has 0 amide bonds. The van der Waals surface area contributed by atoms with E-state index >= 15 is 0 Å². The highest BCUT2D eigenvalue weighted by Crippen LogP contribution is 2.32. The van der Waals surface area contributed by atoms with Crippen molar-refractivity contribution in [2.75, 3.05) is 0 Å². The molecule has 0 aliphatic carbocycles. The molecule has 0 aromatic heterocycles. The van der Waals surface area contributed by atoms with Crippen molar-refractivity contribution in [1.82, 2.24) is 0 Å². The van der Waals surface area contributed by atoms with Gasteiger partial charge >= 0.3 is 18.3 Å². The number of carboxylic acid groups (broad SMARTS) is 1. The third-order valence-corrected chi connectivity index (χ3v) is 2.31. The SMILES string of the molecule is O=C(O)/C=C(\Cc1cccc(C(F)(F)F)c1)C(F)(F)F. The Bertz CT molecular complexity index is 527. The quantitative estimate of drug-likeness (QED) is 0.680. The Morgan fingerprint density at radius 3 is 2.20 bits per heavy atom. The van der Waals surface area contributed by atoms with Gasteiger partial charge in [0.15, 0.2) is 0 Å². The van der Waals surface area contributed by atoms with Gasteiger partial charge in [0.1, 0.15) is 0 Å². The third kappa shape index (κ3) is 4.60. The molecule has 1 aromatic rings. The monoisotopic (exact) mass is 298 g/mol. The van der Waals surface area contributed by atoms with Crippen LogP contribution in [-0.4, -0.2) is 17.3 Å². The average molecular weight is 298 g/mol. The van der Waals surface area contributed by atoms with Crippen LogP contribution in [0.15, 0.2) is 35.9 Å². The minimum atomic E-state index is -4.92. The van der Waals surface area contributed by atoms with Crippen LogP contribution < -0.4 is 0 Å². The van der Waals surface area contributed by atoms with E-state index in [-0.39, 0.29) is 11.6 Å². The third-order valence-electron chi connectivity index (χ3n) is 2.31. The number of hydrogen-bond donors (Lipinski definition) is 1. The van der Waals surface area contributed by atoms with Crippen LogP contribution in [0.2, 0.25) is 0 Å². The molecule has 0 radical (unpaired) electrons. The number of halogens is 6. The summed E-state index contributed by atoms with van der Waals surface area (Å²) in [5, 5.41) is 8.35. The van der Waals surface area contributed by atoms with Gasteiger partial charge in [-0.2, -0.15) is 26.3 Å². The van der Waals surface area contributed by atoms with Gasteiger partial charge in [0, 0.05) is 18.1 Å². The Kier molecular flexibility index (Phi) is 4.46. The smallest absolute Gasteiger partial charge is 0.416 e. The lowest BCUT2D eigenvalue weighted by Gasteiger charge is -2.13. The first-order chi connectivity index (χ1) is 9.00. The Morgan fingerprint density at radius 1 is 1.15 bits per heavy atom. The second-order valence-electron chi connectivity index (χ2n) is 3.88. The normalized spacial score (nSPS) is 13.4. The highest BCUT2D eigenvalue weighted by atomic mass is 19.4. The van der Waals surface area contributed by atoms with Crippen molar-refractivity contribution >= 4 is 5.97 Å². The highest BCUT2D eigenvalue weighted by Gasteiger charge is 2.35. The van der Waals surface area contributed by atoms with Gasteiger partial charge < -0.3 is 5.11 Å². The summed E-state index contributed by atoms with van der Waals surface area (Å²) in [5.74, 6) is -1.82. The van der Waals surface area contributed by atoms with Gasteiger partial charge in [-0.3, -0.25) is 0 Å². The molecule has 1 N–H and O–H groups in total. The minimum absolute atomic E-state index is 0.0553. The van der Waals surface area contributed by atoms with Gasteiger partial charge in [-0.25, -0.2) is 4.79 Å². The van der Waals surface area contributed by atoms with Crippen LogP contribution in [0, 0.1) is 0 Å². The summed E-state index contributed by atoms with van der Waals surface area (Å²) in [4.78, 5) is 10.3. The molecular weight excluding hydrogens is 290 g/mol. The molecule has 110 valence electrons. The molecule has 0 spiro atoms. The topological polar surface area (TPSA) is 37.3 Å². The van der Waals surface area contributed by atoms with Crippen LogP contribution in [0.1, 0.15) is 11.1 Å². The van der Waals surface area contributed by atoms with Gasteiger partial charge in [0.25, 0.3) is 0 Å². The molecule has 0 fully saturated rings. The van der Waals surface area contributed by atoms with E-state index in [1.165, 1.54) is 0 Å². The zero-order valence-corrected chi connectivity index (χ0v) is 9.72. The van der Waals surface area contributed by atoms with Crippen molar-refractivity contribution in [2.45, 2.75) is 18.8 Å². The van der Waals surface area contributed by atoms with Crippen LogP contribution in [0.3, 0.4) is 0 Å². The zero-order chi connectivity index (χ0) is 15.6. The highest BCUT2D eigenvalue weighted by molar-refractivity contribution is 5.81. The summed E-state index contributed by atoms with van der Waals surface area (Å²) < 4.78 is 74.9. The van der Waals surface area contributed by atoms with Crippen LogP contribution in [-0.2, 0) is 17.4 Å². The summed E-state index contributed by atoms with van der Waals surface area (Å²) in [7, 11) is 0. The molecule has 0 aliphatic rings. The number of benzene rings is 1. The maximum atomic E-state index is 12.5. The first-order valence-electron chi connectivity index (χ1n) is 5.17. The van der Waals surface area contributed by atoms with Crippen molar-refractivity contribution in [3.8, 4) is 0 Å². The molecule has 20 heavy (non-hydrogen) atoms. The molecule has 0 saturated carbocycles. The van der Waals surface area contributed by atoms with Crippen LogP contribution in [0.5, 0.6) is 0 Å². The van der Waals surface area contributed by atoms with Crippen molar-refractivity contribution in [1.29, 1.82) is 0 Å². The number of aliphatic carboxylic acids is 1.